The molecule has 1 N–H and O–H groups in total. The number of rotatable bonds is 5. The first-order valence-corrected chi connectivity index (χ1v) is 10.2. The van der Waals surface area contributed by atoms with Crippen molar-refractivity contribution in [2.75, 3.05) is 6.61 Å². The van der Waals surface area contributed by atoms with E-state index in [1.54, 1.807) is 17.5 Å². The van der Waals surface area contributed by atoms with E-state index in [1.807, 2.05) is 54.8 Å². The summed E-state index contributed by atoms with van der Waals surface area (Å²) >= 11 is 3.02. The fourth-order valence-corrected chi connectivity index (χ4v) is 4.16. The number of hydrogen-bond donors (Lipinski definition) is 1. The third kappa shape index (κ3) is 4.04. The molecule has 0 unspecified atom stereocenters. The van der Waals surface area contributed by atoms with Gasteiger partial charge in [-0.1, -0.05) is 12.1 Å². The summed E-state index contributed by atoms with van der Waals surface area (Å²) in [4.78, 5) is 22.9. The number of amides is 1. The van der Waals surface area contributed by atoms with Crippen LogP contribution in [0.25, 0.3) is 17.0 Å². The summed E-state index contributed by atoms with van der Waals surface area (Å²) in [5.41, 5.74) is 1.79. The van der Waals surface area contributed by atoms with Gasteiger partial charge in [0.25, 0.3) is 5.91 Å². The highest BCUT2D eigenvalue weighted by Crippen LogP contribution is 2.29. The minimum Gasteiger partial charge on any atom is -0.493 e. The van der Waals surface area contributed by atoms with Gasteiger partial charge in [-0.25, -0.2) is 0 Å². The molecular weight excluding hydrogens is 378 g/mol. The molecule has 0 radical (unpaired) electrons. The van der Waals surface area contributed by atoms with Gasteiger partial charge < -0.3 is 10.1 Å². The van der Waals surface area contributed by atoms with Crippen LogP contribution in [0.4, 0.5) is 0 Å². The lowest BCUT2D eigenvalue weighted by Crippen LogP contribution is -2.19. The number of carbonyl (C=O) groups excluding carboxylic acids is 1. The first kappa shape index (κ1) is 17.8. The SMILES string of the molecule is CCOc1ccnc2ccc(C=C3SC(=NCc4cccs4)NC3=O)cc12. The zero-order valence-electron chi connectivity index (χ0n) is 14.6. The van der Waals surface area contributed by atoms with Crippen LogP contribution in [-0.2, 0) is 11.3 Å². The zero-order chi connectivity index (χ0) is 18.6. The molecule has 0 aliphatic carbocycles. The standard InChI is InChI=1S/C20H17N3O2S2/c1-2-25-17-7-8-21-16-6-5-13(10-15(16)17)11-18-19(24)23-20(27-18)22-12-14-4-3-9-26-14/h3-11H,2,12H2,1H3,(H,22,23,24). The summed E-state index contributed by atoms with van der Waals surface area (Å²) in [7, 11) is 0. The second kappa shape index (κ2) is 7.94. The number of hydrogen-bond acceptors (Lipinski definition) is 6. The quantitative estimate of drug-likeness (QED) is 0.648. The van der Waals surface area contributed by atoms with Crippen LogP contribution in [0.3, 0.4) is 0 Å². The van der Waals surface area contributed by atoms with Gasteiger partial charge >= 0.3 is 0 Å². The second-order valence-electron chi connectivity index (χ2n) is 5.78. The molecule has 2 aromatic heterocycles. The molecule has 0 atom stereocenters. The van der Waals surface area contributed by atoms with E-state index < -0.39 is 0 Å². The van der Waals surface area contributed by atoms with E-state index in [9.17, 15) is 4.79 Å². The molecule has 1 fully saturated rings. The summed E-state index contributed by atoms with van der Waals surface area (Å²) in [6.45, 7) is 3.12. The number of benzene rings is 1. The first-order chi connectivity index (χ1) is 13.2. The van der Waals surface area contributed by atoms with E-state index in [4.69, 9.17) is 4.74 Å². The summed E-state index contributed by atoms with van der Waals surface area (Å²) in [6.07, 6.45) is 3.61. The molecule has 0 bridgehead atoms. The Kier molecular flexibility index (Phi) is 5.22. The molecule has 1 saturated heterocycles. The van der Waals surface area contributed by atoms with Crippen molar-refractivity contribution < 1.29 is 9.53 Å². The smallest absolute Gasteiger partial charge is 0.264 e. The summed E-state index contributed by atoms with van der Waals surface area (Å²) in [5.74, 6) is 0.672. The predicted octanol–water partition coefficient (Wildman–Crippen LogP) is 4.46. The highest BCUT2D eigenvalue weighted by molar-refractivity contribution is 8.18. The Morgan fingerprint density at radius 2 is 2.22 bits per heavy atom. The third-order valence-corrected chi connectivity index (χ3v) is 5.74. The fourth-order valence-electron chi connectivity index (χ4n) is 2.71. The number of thioether (sulfide) groups is 1. The largest absolute Gasteiger partial charge is 0.493 e. The van der Waals surface area contributed by atoms with E-state index in [0.717, 1.165) is 22.2 Å². The lowest BCUT2D eigenvalue weighted by atomic mass is 10.1. The Bertz CT molecular complexity index is 1040. The number of nitrogens with zero attached hydrogens (tertiary/aromatic N) is 2. The average Bonchev–Trinajstić information content (AvgIpc) is 3.31. The second-order valence-corrected chi connectivity index (χ2v) is 7.85. The maximum atomic E-state index is 12.3. The number of thiophene rings is 1. The van der Waals surface area contributed by atoms with Crippen LogP contribution in [0.15, 0.2) is 57.9 Å². The van der Waals surface area contributed by atoms with Crippen LogP contribution < -0.4 is 10.1 Å². The van der Waals surface area contributed by atoms with Crippen LogP contribution >= 0.6 is 23.1 Å². The van der Waals surface area contributed by atoms with E-state index in [1.165, 1.54) is 16.6 Å². The summed E-state index contributed by atoms with van der Waals surface area (Å²) in [6, 6.07) is 11.8. The summed E-state index contributed by atoms with van der Waals surface area (Å²) in [5, 5.41) is 6.42. The van der Waals surface area contributed by atoms with Gasteiger partial charge in [-0.3, -0.25) is 14.8 Å². The molecule has 136 valence electrons. The van der Waals surface area contributed by atoms with E-state index in [2.05, 4.69) is 15.3 Å². The summed E-state index contributed by atoms with van der Waals surface area (Å²) < 4.78 is 5.69. The van der Waals surface area contributed by atoms with Gasteiger partial charge in [0.05, 0.1) is 23.6 Å². The van der Waals surface area contributed by atoms with E-state index in [-0.39, 0.29) is 5.91 Å². The highest BCUT2D eigenvalue weighted by Gasteiger charge is 2.23. The van der Waals surface area contributed by atoms with Gasteiger partial charge in [0, 0.05) is 16.5 Å². The van der Waals surface area contributed by atoms with Crippen LogP contribution in [-0.4, -0.2) is 22.7 Å². The van der Waals surface area contributed by atoms with Crippen molar-refractivity contribution in [2.45, 2.75) is 13.5 Å². The fraction of sp³-hybridized carbons (Fsp3) is 0.150. The van der Waals surface area contributed by atoms with Crippen LogP contribution in [0, 0.1) is 0 Å². The molecule has 5 nitrogen and oxygen atoms in total. The van der Waals surface area contributed by atoms with Gasteiger partial charge in [0.15, 0.2) is 5.17 Å². The Balaban J connectivity index is 1.58. The normalized spacial score (nSPS) is 17.0. The van der Waals surface area contributed by atoms with Crippen molar-refractivity contribution >= 4 is 51.2 Å². The van der Waals surface area contributed by atoms with E-state index in [0.29, 0.717) is 23.2 Å². The highest BCUT2D eigenvalue weighted by atomic mass is 32.2. The van der Waals surface area contributed by atoms with Gasteiger partial charge in [0.2, 0.25) is 0 Å². The van der Waals surface area contributed by atoms with Crippen LogP contribution in [0.5, 0.6) is 5.75 Å². The topological polar surface area (TPSA) is 63.6 Å². The molecule has 7 heteroatoms. The first-order valence-electron chi connectivity index (χ1n) is 8.52. The van der Waals surface area contributed by atoms with Gasteiger partial charge in [-0.05, 0) is 60.0 Å². The Morgan fingerprint density at radius 1 is 1.30 bits per heavy atom. The minimum atomic E-state index is -0.124. The lowest BCUT2D eigenvalue weighted by Gasteiger charge is -2.07. The van der Waals surface area contributed by atoms with Crippen molar-refractivity contribution in [3.63, 3.8) is 0 Å². The molecule has 3 aromatic rings. The van der Waals surface area contributed by atoms with Gasteiger partial charge in [-0.15, -0.1) is 11.3 Å². The van der Waals surface area contributed by atoms with Crippen molar-refractivity contribution in [3.8, 4) is 5.75 Å². The van der Waals surface area contributed by atoms with E-state index >= 15 is 0 Å². The Hall–Kier alpha value is -2.64. The number of aliphatic imine (C=N–C) groups is 1. The molecule has 1 aliphatic rings. The molecule has 0 spiro atoms. The monoisotopic (exact) mass is 395 g/mol. The van der Waals surface area contributed by atoms with Crippen LogP contribution in [0.2, 0.25) is 0 Å². The molecule has 27 heavy (non-hydrogen) atoms. The number of amidine groups is 1. The molecule has 0 saturated carbocycles. The minimum absolute atomic E-state index is 0.124. The number of carbonyl (C=O) groups is 1. The number of aromatic nitrogens is 1. The lowest BCUT2D eigenvalue weighted by molar-refractivity contribution is -0.115. The van der Waals surface area contributed by atoms with Crippen molar-refractivity contribution in [3.05, 3.63) is 63.3 Å². The Morgan fingerprint density at radius 3 is 3.04 bits per heavy atom. The van der Waals surface area contributed by atoms with Crippen molar-refractivity contribution in [1.29, 1.82) is 0 Å². The number of fused-ring (bicyclic) bond motifs is 1. The molecule has 1 aromatic carbocycles. The molecule has 1 amide bonds. The predicted molar refractivity (Wildman–Crippen MR) is 112 cm³/mol. The van der Waals surface area contributed by atoms with Crippen LogP contribution in [0.1, 0.15) is 17.4 Å². The van der Waals surface area contributed by atoms with Gasteiger partial charge in [0.1, 0.15) is 5.75 Å². The van der Waals surface area contributed by atoms with Crippen molar-refractivity contribution in [1.82, 2.24) is 10.3 Å². The zero-order valence-corrected chi connectivity index (χ0v) is 16.3. The van der Waals surface area contributed by atoms with Gasteiger partial charge in [-0.2, -0.15) is 0 Å². The maximum absolute atomic E-state index is 12.3. The van der Waals surface area contributed by atoms with Crippen molar-refractivity contribution in [2.24, 2.45) is 4.99 Å². The average molecular weight is 396 g/mol. The molecular formula is C20H17N3O2S2. The number of nitrogens with one attached hydrogen (secondary N) is 1. The number of pyridine rings is 1. The molecule has 3 heterocycles. The molecule has 1 aliphatic heterocycles. The third-order valence-electron chi connectivity index (χ3n) is 3.93. The Labute approximate surface area is 165 Å². The number of ether oxygens (including phenoxy) is 1. The maximum Gasteiger partial charge on any atom is 0.264 e. The molecule has 4 rings (SSSR count).